The van der Waals surface area contributed by atoms with Crippen molar-refractivity contribution in [2.75, 3.05) is 0 Å². The third-order valence-electron chi connectivity index (χ3n) is 4.36. The molecular weight excluding hydrogens is 222 g/mol. The van der Waals surface area contributed by atoms with E-state index < -0.39 is 0 Å². The molecule has 2 rings (SSSR count). The first-order valence-electron chi connectivity index (χ1n) is 7.16. The van der Waals surface area contributed by atoms with E-state index in [1.54, 1.807) is 0 Å². The molecule has 0 radical (unpaired) electrons. The third-order valence-corrected chi connectivity index (χ3v) is 4.36. The van der Waals surface area contributed by atoms with E-state index in [1.807, 2.05) is 0 Å². The lowest BCUT2D eigenvalue weighted by Gasteiger charge is -2.35. The van der Waals surface area contributed by atoms with Gasteiger partial charge in [-0.05, 0) is 23.8 Å². The highest BCUT2D eigenvalue weighted by Crippen LogP contribution is 2.56. The molecular formula is C16H27NO. The van der Waals surface area contributed by atoms with E-state index in [2.05, 4.69) is 46.9 Å². The molecule has 102 valence electrons. The van der Waals surface area contributed by atoms with E-state index in [-0.39, 0.29) is 22.2 Å². The van der Waals surface area contributed by atoms with Crippen LogP contribution in [0, 0.1) is 16.2 Å². The second-order valence-corrected chi connectivity index (χ2v) is 7.99. The second-order valence-electron chi connectivity index (χ2n) is 7.99. The fraction of sp³-hybridized carbons (Fsp3) is 0.812. The van der Waals surface area contributed by atoms with Crippen LogP contribution in [-0.2, 0) is 4.79 Å². The van der Waals surface area contributed by atoms with Gasteiger partial charge < -0.3 is 5.32 Å². The van der Waals surface area contributed by atoms with Gasteiger partial charge in [-0.3, -0.25) is 4.79 Å². The van der Waals surface area contributed by atoms with Crippen LogP contribution < -0.4 is 5.32 Å². The quantitative estimate of drug-likeness (QED) is 0.690. The molecule has 0 saturated heterocycles. The summed E-state index contributed by atoms with van der Waals surface area (Å²) in [5, 5.41) is 3.22. The Morgan fingerprint density at radius 3 is 1.83 bits per heavy atom. The van der Waals surface area contributed by atoms with Crippen LogP contribution in [0.4, 0.5) is 0 Å². The maximum Gasteiger partial charge on any atom is 0.234 e. The van der Waals surface area contributed by atoms with E-state index in [4.69, 9.17) is 0 Å². The largest absolute Gasteiger partial charge is 0.328 e. The molecule has 1 spiro atoms. The van der Waals surface area contributed by atoms with E-state index in [0.717, 1.165) is 12.8 Å². The molecule has 2 heteroatoms. The summed E-state index contributed by atoms with van der Waals surface area (Å²) in [6.07, 6.45) is 4.44. The Morgan fingerprint density at radius 1 is 0.944 bits per heavy atom. The molecule has 1 amide bonds. The fourth-order valence-corrected chi connectivity index (χ4v) is 3.76. The summed E-state index contributed by atoms with van der Waals surface area (Å²) in [4.78, 5) is 12.6. The van der Waals surface area contributed by atoms with Gasteiger partial charge in [-0.1, -0.05) is 54.4 Å². The van der Waals surface area contributed by atoms with Gasteiger partial charge in [0, 0.05) is 11.1 Å². The number of carbonyl (C=O) groups is 1. The molecule has 18 heavy (non-hydrogen) atoms. The van der Waals surface area contributed by atoms with E-state index in [9.17, 15) is 4.79 Å². The number of hydrogen-bond acceptors (Lipinski definition) is 1. The van der Waals surface area contributed by atoms with Crippen molar-refractivity contribution in [2.45, 2.75) is 67.2 Å². The minimum atomic E-state index is -0.194. The predicted molar refractivity (Wildman–Crippen MR) is 75.0 cm³/mol. The summed E-state index contributed by atoms with van der Waals surface area (Å²) in [7, 11) is 0. The predicted octanol–water partition coefficient (Wildman–Crippen LogP) is 4.02. The molecule has 1 aliphatic carbocycles. The lowest BCUT2D eigenvalue weighted by atomic mass is 9.66. The number of amides is 1. The van der Waals surface area contributed by atoms with Gasteiger partial charge >= 0.3 is 0 Å². The van der Waals surface area contributed by atoms with Gasteiger partial charge in [-0.2, -0.15) is 0 Å². The average Bonchev–Trinajstić information content (AvgIpc) is 2.73. The Bertz CT molecular complexity index is 398. The lowest BCUT2D eigenvalue weighted by Crippen LogP contribution is -2.34. The number of hydrogen-bond donors (Lipinski definition) is 1. The highest BCUT2D eigenvalue weighted by Gasteiger charge is 2.54. The van der Waals surface area contributed by atoms with Gasteiger partial charge in [-0.25, -0.2) is 0 Å². The Morgan fingerprint density at radius 2 is 1.44 bits per heavy atom. The van der Waals surface area contributed by atoms with Crippen molar-refractivity contribution in [3.63, 3.8) is 0 Å². The lowest BCUT2D eigenvalue weighted by molar-refractivity contribution is -0.127. The zero-order chi connectivity index (χ0) is 13.8. The molecule has 1 saturated carbocycles. The molecule has 0 aromatic heterocycles. The molecule has 1 heterocycles. The summed E-state index contributed by atoms with van der Waals surface area (Å²) in [6, 6.07) is 0. The van der Waals surface area contributed by atoms with Crippen LogP contribution in [0.2, 0.25) is 0 Å². The first-order valence-corrected chi connectivity index (χ1v) is 7.16. The van der Waals surface area contributed by atoms with E-state index in [1.165, 1.54) is 24.1 Å². The van der Waals surface area contributed by atoms with Gasteiger partial charge in [0.15, 0.2) is 0 Å². The van der Waals surface area contributed by atoms with E-state index >= 15 is 0 Å². The van der Waals surface area contributed by atoms with Crippen LogP contribution in [0.15, 0.2) is 11.3 Å². The minimum Gasteiger partial charge on any atom is -0.328 e. The summed E-state index contributed by atoms with van der Waals surface area (Å²) in [5.74, 6) is 0.259. The standard InChI is InChI=1S/C16H27NO/c1-14(2,3)11-12(15(4,5)6)17-13(18)16(11)9-7-8-10-16/h7-10H2,1-6H3,(H,17,18). The van der Waals surface area contributed by atoms with Crippen LogP contribution >= 0.6 is 0 Å². The number of nitrogens with one attached hydrogen (secondary N) is 1. The van der Waals surface area contributed by atoms with Crippen molar-refractivity contribution in [1.82, 2.24) is 5.32 Å². The van der Waals surface area contributed by atoms with Gasteiger partial charge in [0.1, 0.15) is 0 Å². The van der Waals surface area contributed by atoms with Crippen LogP contribution in [-0.4, -0.2) is 5.91 Å². The van der Waals surface area contributed by atoms with Crippen molar-refractivity contribution in [2.24, 2.45) is 16.2 Å². The first-order chi connectivity index (χ1) is 8.09. The Labute approximate surface area is 111 Å². The molecule has 1 fully saturated rings. The number of allylic oxidation sites excluding steroid dienone is 1. The zero-order valence-corrected chi connectivity index (χ0v) is 12.7. The number of carbonyl (C=O) groups excluding carboxylic acids is 1. The average molecular weight is 249 g/mol. The molecule has 0 atom stereocenters. The van der Waals surface area contributed by atoms with Crippen LogP contribution in [0.5, 0.6) is 0 Å². The van der Waals surface area contributed by atoms with Crippen LogP contribution in [0.25, 0.3) is 0 Å². The van der Waals surface area contributed by atoms with Gasteiger partial charge in [-0.15, -0.1) is 0 Å². The normalized spacial score (nSPS) is 24.0. The molecule has 0 aromatic carbocycles. The van der Waals surface area contributed by atoms with Crippen LogP contribution in [0.1, 0.15) is 67.2 Å². The molecule has 1 aliphatic heterocycles. The summed E-state index contributed by atoms with van der Waals surface area (Å²) in [5.41, 5.74) is 2.45. The summed E-state index contributed by atoms with van der Waals surface area (Å²) in [6.45, 7) is 13.3. The minimum absolute atomic E-state index is 0.0182. The Hall–Kier alpha value is -0.790. The zero-order valence-electron chi connectivity index (χ0n) is 12.7. The SMILES string of the molecule is CC(C)(C)C1=C(C(C)(C)C)C2(CCCC2)C(=O)N1. The monoisotopic (exact) mass is 249 g/mol. The fourth-order valence-electron chi connectivity index (χ4n) is 3.76. The first kappa shape index (κ1) is 13.6. The highest BCUT2D eigenvalue weighted by atomic mass is 16.2. The van der Waals surface area contributed by atoms with Crippen molar-refractivity contribution < 1.29 is 4.79 Å². The topological polar surface area (TPSA) is 29.1 Å². The molecule has 2 aliphatic rings. The molecule has 0 bridgehead atoms. The molecule has 0 unspecified atom stereocenters. The highest BCUT2D eigenvalue weighted by molar-refractivity contribution is 5.92. The summed E-state index contributed by atoms with van der Waals surface area (Å²) >= 11 is 0. The van der Waals surface area contributed by atoms with Crippen LogP contribution in [0.3, 0.4) is 0 Å². The maximum atomic E-state index is 12.6. The molecule has 2 nitrogen and oxygen atoms in total. The smallest absolute Gasteiger partial charge is 0.234 e. The maximum absolute atomic E-state index is 12.6. The molecule has 1 N–H and O–H groups in total. The van der Waals surface area contributed by atoms with Crippen molar-refractivity contribution in [3.8, 4) is 0 Å². The van der Waals surface area contributed by atoms with Crippen molar-refractivity contribution >= 4 is 5.91 Å². The second kappa shape index (κ2) is 3.85. The van der Waals surface area contributed by atoms with Crippen molar-refractivity contribution in [1.29, 1.82) is 0 Å². The van der Waals surface area contributed by atoms with E-state index in [0.29, 0.717) is 0 Å². The Kier molecular flexibility index (Phi) is 2.92. The third kappa shape index (κ3) is 1.90. The molecule has 0 aromatic rings. The van der Waals surface area contributed by atoms with Crippen molar-refractivity contribution in [3.05, 3.63) is 11.3 Å². The van der Waals surface area contributed by atoms with Gasteiger partial charge in [0.25, 0.3) is 0 Å². The van der Waals surface area contributed by atoms with Gasteiger partial charge in [0.05, 0.1) is 5.41 Å². The number of rotatable bonds is 0. The van der Waals surface area contributed by atoms with Gasteiger partial charge in [0.2, 0.25) is 5.91 Å². The summed E-state index contributed by atoms with van der Waals surface area (Å²) < 4.78 is 0. The Balaban J connectivity index is 2.62.